The van der Waals surface area contributed by atoms with E-state index in [0.29, 0.717) is 6.42 Å². The van der Waals surface area contributed by atoms with E-state index in [1.807, 2.05) is 61.2 Å². The highest BCUT2D eigenvalue weighted by molar-refractivity contribution is 7.99. The molecule has 1 atom stereocenters. The maximum absolute atomic E-state index is 12.4. The van der Waals surface area contributed by atoms with Gasteiger partial charge >= 0.3 is 0 Å². The number of hydrogen-bond donors (Lipinski definition) is 1. The molecule has 0 spiro atoms. The number of benzene rings is 2. The Hall–Kier alpha value is -1.45. The summed E-state index contributed by atoms with van der Waals surface area (Å²) in [6.45, 7) is 2.04. The van der Waals surface area contributed by atoms with Crippen LogP contribution in [0.15, 0.2) is 47.4 Å². The SMILES string of the molecule is Cc1ccccc1CC(=O)NC1CCSc2ccc(Cl)cc21. The van der Waals surface area contributed by atoms with E-state index >= 15 is 0 Å². The van der Waals surface area contributed by atoms with Crippen LogP contribution >= 0.6 is 23.4 Å². The van der Waals surface area contributed by atoms with Crippen LogP contribution in [-0.2, 0) is 11.2 Å². The predicted molar refractivity (Wildman–Crippen MR) is 92.6 cm³/mol. The van der Waals surface area contributed by atoms with Gasteiger partial charge in [-0.3, -0.25) is 4.79 Å². The number of amides is 1. The molecule has 0 fully saturated rings. The highest BCUT2D eigenvalue weighted by atomic mass is 35.5. The maximum Gasteiger partial charge on any atom is 0.224 e. The lowest BCUT2D eigenvalue weighted by Gasteiger charge is -2.26. The molecule has 1 N–H and O–H groups in total. The lowest BCUT2D eigenvalue weighted by atomic mass is 10.0. The summed E-state index contributed by atoms with van der Waals surface area (Å²) in [5, 5.41) is 3.89. The van der Waals surface area contributed by atoms with Gasteiger partial charge in [0.15, 0.2) is 0 Å². The fourth-order valence-corrected chi connectivity index (χ4v) is 4.03. The molecular weight excluding hydrogens is 314 g/mol. The molecule has 1 unspecified atom stereocenters. The summed E-state index contributed by atoms with van der Waals surface area (Å²) in [4.78, 5) is 13.6. The lowest BCUT2D eigenvalue weighted by Crippen LogP contribution is -2.31. The molecule has 114 valence electrons. The Morgan fingerprint density at radius 2 is 2.14 bits per heavy atom. The first kappa shape index (κ1) is 15.4. The van der Waals surface area contributed by atoms with Crippen molar-refractivity contribution >= 4 is 29.3 Å². The first-order valence-corrected chi connectivity index (χ1v) is 8.76. The van der Waals surface area contributed by atoms with Crippen molar-refractivity contribution in [3.63, 3.8) is 0 Å². The molecule has 4 heteroatoms. The minimum atomic E-state index is 0.0615. The second-order valence-corrected chi connectivity index (χ2v) is 7.12. The van der Waals surface area contributed by atoms with Crippen molar-refractivity contribution in [3.05, 3.63) is 64.2 Å². The molecule has 1 amide bonds. The van der Waals surface area contributed by atoms with Crippen LogP contribution in [0.2, 0.25) is 5.02 Å². The summed E-state index contributed by atoms with van der Waals surface area (Å²) in [6.07, 6.45) is 1.36. The van der Waals surface area contributed by atoms with E-state index in [9.17, 15) is 4.79 Å². The Labute approximate surface area is 140 Å². The Balaban J connectivity index is 1.73. The molecule has 1 aliphatic heterocycles. The summed E-state index contributed by atoms with van der Waals surface area (Å²) >= 11 is 7.93. The van der Waals surface area contributed by atoms with Gasteiger partial charge in [0.2, 0.25) is 5.91 Å². The topological polar surface area (TPSA) is 29.1 Å². The summed E-state index contributed by atoms with van der Waals surface area (Å²) in [5.41, 5.74) is 3.37. The van der Waals surface area contributed by atoms with Crippen LogP contribution in [0.4, 0.5) is 0 Å². The Morgan fingerprint density at radius 3 is 2.95 bits per heavy atom. The largest absolute Gasteiger partial charge is 0.349 e. The van der Waals surface area contributed by atoms with Crippen molar-refractivity contribution in [1.82, 2.24) is 5.32 Å². The lowest BCUT2D eigenvalue weighted by molar-refractivity contribution is -0.121. The van der Waals surface area contributed by atoms with Gasteiger partial charge in [0.05, 0.1) is 12.5 Å². The summed E-state index contributed by atoms with van der Waals surface area (Å²) in [5.74, 6) is 1.08. The highest BCUT2D eigenvalue weighted by Crippen LogP contribution is 2.37. The number of carbonyl (C=O) groups is 1. The van der Waals surface area contributed by atoms with E-state index in [4.69, 9.17) is 11.6 Å². The minimum absolute atomic E-state index is 0.0615. The first-order chi connectivity index (χ1) is 10.6. The third kappa shape index (κ3) is 3.47. The number of thioether (sulfide) groups is 1. The molecule has 1 heterocycles. The fourth-order valence-electron chi connectivity index (χ4n) is 2.74. The van der Waals surface area contributed by atoms with Gasteiger partial charge in [-0.2, -0.15) is 0 Å². The molecule has 1 aliphatic rings. The predicted octanol–water partition coefficient (Wildman–Crippen LogP) is 4.54. The third-order valence-corrected chi connectivity index (χ3v) is 5.32. The molecule has 2 aromatic carbocycles. The molecule has 3 rings (SSSR count). The Kier molecular flexibility index (Phi) is 4.74. The van der Waals surface area contributed by atoms with E-state index in [2.05, 4.69) is 5.32 Å². The number of nitrogens with one attached hydrogen (secondary N) is 1. The number of aryl methyl sites for hydroxylation is 1. The number of halogens is 1. The normalized spacial score (nSPS) is 16.9. The summed E-state index contributed by atoms with van der Waals surface area (Å²) < 4.78 is 0. The average Bonchev–Trinajstić information content (AvgIpc) is 2.50. The van der Waals surface area contributed by atoms with Gasteiger partial charge in [0.25, 0.3) is 0 Å². The molecule has 0 radical (unpaired) electrons. The van der Waals surface area contributed by atoms with Crippen LogP contribution < -0.4 is 5.32 Å². The Morgan fingerprint density at radius 1 is 1.32 bits per heavy atom. The van der Waals surface area contributed by atoms with E-state index < -0.39 is 0 Å². The van der Waals surface area contributed by atoms with Crippen LogP contribution in [-0.4, -0.2) is 11.7 Å². The second kappa shape index (κ2) is 6.76. The zero-order valence-corrected chi connectivity index (χ0v) is 14.0. The van der Waals surface area contributed by atoms with Crippen molar-refractivity contribution in [2.75, 3.05) is 5.75 Å². The summed E-state index contributed by atoms with van der Waals surface area (Å²) in [6, 6.07) is 14.0. The molecule has 0 bridgehead atoms. The van der Waals surface area contributed by atoms with Crippen molar-refractivity contribution in [3.8, 4) is 0 Å². The van der Waals surface area contributed by atoms with Crippen LogP contribution in [0.25, 0.3) is 0 Å². The van der Waals surface area contributed by atoms with E-state index in [1.165, 1.54) is 4.90 Å². The molecule has 22 heavy (non-hydrogen) atoms. The molecular formula is C18H18ClNOS. The monoisotopic (exact) mass is 331 g/mol. The number of hydrogen-bond acceptors (Lipinski definition) is 2. The number of carbonyl (C=O) groups excluding carboxylic acids is 1. The van der Waals surface area contributed by atoms with Crippen LogP contribution in [0, 0.1) is 6.92 Å². The van der Waals surface area contributed by atoms with Gasteiger partial charge in [-0.05, 0) is 48.2 Å². The van der Waals surface area contributed by atoms with Gasteiger partial charge in [-0.25, -0.2) is 0 Å². The molecule has 0 saturated heterocycles. The first-order valence-electron chi connectivity index (χ1n) is 7.39. The third-order valence-electron chi connectivity index (χ3n) is 3.96. The second-order valence-electron chi connectivity index (χ2n) is 5.54. The van der Waals surface area contributed by atoms with E-state index in [1.54, 1.807) is 0 Å². The molecule has 2 aromatic rings. The Bertz CT molecular complexity index is 701. The van der Waals surface area contributed by atoms with Gasteiger partial charge < -0.3 is 5.32 Å². The molecule has 0 aromatic heterocycles. The van der Waals surface area contributed by atoms with Crippen molar-refractivity contribution < 1.29 is 4.79 Å². The van der Waals surface area contributed by atoms with Gasteiger partial charge in [0.1, 0.15) is 0 Å². The fraction of sp³-hybridized carbons (Fsp3) is 0.278. The zero-order chi connectivity index (χ0) is 15.5. The van der Waals surface area contributed by atoms with Gasteiger partial charge in [0, 0.05) is 15.7 Å². The molecule has 0 saturated carbocycles. The number of fused-ring (bicyclic) bond motifs is 1. The van der Waals surface area contributed by atoms with Gasteiger partial charge in [-0.1, -0.05) is 35.9 Å². The number of rotatable bonds is 3. The van der Waals surface area contributed by atoms with Crippen LogP contribution in [0.5, 0.6) is 0 Å². The summed E-state index contributed by atoms with van der Waals surface area (Å²) in [7, 11) is 0. The van der Waals surface area contributed by atoms with Crippen molar-refractivity contribution in [2.45, 2.75) is 30.7 Å². The quantitative estimate of drug-likeness (QED) is 0.894. The smallest absolute Gasteiger partial charge is 0.224 e. The van der Waals surface area contributed by atoms with Crippen molar-refractivity contribution in [1.29, 1.82) is 0 Å². The van der Waals surface area contributed by atoms with E-state index in [0.717, 1.165) is 33.9 Å². The van der Waals surface area contributed by atoms with Crippen LogP contribution in [0.3, 0.4) is 0 Å². The van der Waals surface area contributed by atoms with E-state index in [-0.39, 0.29) is 11.9 Å². The minimum Gasteiger partial charge on any atom is -0.349 e. The average molecular weight is 332 g/mol. The highest BCUT2D eigenvalue weighted by Gasteiger charge is 2.22. The maximum atomic E-state index is 12.4. The van der Waals surface area contributed by atoms with Crippen molar-refractivity contribution in [2.24, 2.45) is 0 Å². The standard InChI is InChI=1S/C18H18ClNOS/c1-12-4-2-3-5-13(12)10-18(21)20-16-8-9-22-17-7-6-14(19)11-15(16)17/h2-7,11,16H,8-10H2,1H3,(H,20,21). The van der Waals surface area contributed by atoms with Gasteiger partial charge in [-0.15, -0.1) is 11.8 Å². The zero-order valence-electron chi connectivity index (χ0n) is 12.4. The molecule has 0 aliphatic carbocycles. The van der Waals surface area contributed by atoms with Crippen LogP contribution in [0.1, 0.15) is 29.2 Å². The molecule has 2 nitrogen and oxygen atoms in total.